The molecule has 1 amide bonds. The fourth-order valence-electron chi connectivity index (χ4n) is 2.90. The van der Waals surface area contributed by atoms with Gasteiger partial charge in [-0.1, -0.05) is 12.1 Å². The van der Waals surface area contributed by atoms with E-state index in [-0.39, 0.29) is 30.5 Å². The summed E-state index contributed by atoms with van der Waals surface area (Å²) in [5.74, 6) is -0.646. The molecular weight excluding hydrogens is 371 g/mol. The van der Waals surface area contributed by atoms with Crippen molar-refractivity contribution in [2.45, 2.75) is 24.8 Å². The maximum Gasteiger partial charge on any atom is 0.253 e. The Bertz CT molecular complexity index is 945. The van der Waals surface area contributed by atoms with E-state index in [4.69, 9.17) is 4.74 Å². The third-order valence-electron chi connectivity index (χ3n) is 4.40. The van der Waals surface area contributed by atoms with Crippen molar-refractivity contribution >= 4 is 21.6 Å². The molecule has 0 spiro atoms. The van der Waals surface area contributed by atoms with Crippen LogP contribution in [0.25, 0.3) is 0 Å². The van der Waals surface area contributed by atoms with Gasteiger partial charge in [-0.25, -0.2) is 17.5 Å². The summed E-state index contributed by atoms with van der Waals surface area (Å²) in [7, 11) is -3.70. The van der Waals surface area contributed by atoms with Crippen LogP contribution in [0.1, 0.15) is 11.1 Å². The molecule has 1 saturated heterocycles. The quantitative estimate of drug-likeness (QED) is 0.846. The Morgan fingerprint density at radius 1 is 1.19 bits per heavy atom. The van der Waals surface area contributed by atoms with Crippen LogP contribution in [0.15, 0.2) is 47.4 Å². The van der Waals surface area contributed by atoms with Gasteiger partial charge in [0.2, 0.25) is 10.0 Å². The molecule has 0 aromatic heterocycles. The number of ether oxygens (including phenoxy) is 1. The Morgan fingerprint density at radius 2 is 1.89 bits per heavy atom. The number of benzene rings is 2. The standard InChI is InChI=1S/C19H21FN2O4S/c1-13-3-4-14(2)18(9-13)27(24,25)21-10-17-11-22(19(23)12-26-17)16-7-5-15(20)6-8-16/h3-9,17,21H,10-12H2,1-2H3. The highest BCUT2D eigenvalue weighted by Gasteiger charge is 2.29. The van der Waals surface area contributed by atoms with Crippen LogP contribution < -0.4 is 9.62 Å². The number of hydrogen-bond acceptors (Lipinski definition) is 4. The molecule has 6 nitrogen and oxygen atoms in total. The molecule has 1 aliphatic rings. The number of carbonyl (C=O) groups is 1. The molecule has 1 aliphatic heterocycles. The molecule has 1 atom stereocenters. The summed E-state index contributed by atoms with van der Waals surface area (Å²) in [6.07, 6.45) is -0.507. The molecule has 0 radical (unpaired) electrons. The summed E-state index contributed by atoms with van der Waals surface area (Å²) in [5, 5.41) is 0. The number of aryl methyl sites for hydroxylation is 2. The zero-order valence-electron chi connectivity index (χ0n) is 15.1. The van der Waals surface area contributed by atoms with Crippen molar-refractivity contribution in [3.05, 3.63) is 59.4 Å². The Balaban J connectivity index is 1.69. The first-order valence-electron chi connectivity index (χ1n) is 8.51. The van der Waals surface area contributed by atoms with Crippen LogP contribution in [-0.4, -0.2) is 40.1 Å². The highest BCUT2D eigenvalue weighted by Crippen LogP contribution is 2.20. The van der Waals surface area contributed by atoms with Crippen molar-refractivity contribution in [1.29, 1.82) is 0 Å². The number of rotatable bonds is 5. The van der Waals surface area contributed by atoms with Gasteiger partial charge >= 0.3 is 0 Å². The van der Waals surface area contributed by atoms with Crippen LogP contribution in [0, 0.1) is 19.7 Å². The number of nitrogens with zero attached hydrogens (tertiary/aromatic N) is 1. The van der Waals surface area contributed by atoms with Gasteiger partial charge in [-0.3, -0.25) is 4.79 Å². The molecular formula is C19H21FN2O4S. The number of carbonyl (C=O) groups excluding carboxylic acids is 1. The highest BCUT2D eigenvalue weighted by molar-refractivity contribution is 7.89. The minimum Gasteiger partial charge on any atom is -0.365 e. The number of halogens is 1. The van der Waals surface area contributed by atoms with Crippen molar-refractivity contribution in [2.75, 3.05) is 24.6 Å². The second-order valence-electron chi connectivity index (χ2n) is 6.53. The van der Waals surface area contributed by atoms with Crippen LogP contribution in [0.3, 0.4) is 0 Å². The van der Waals surface area contributed by atoms with E-state index in [1.54, 1.807) is 19.1 Å². The third-order valence-corrected chi connectivity index (χ3v) is 5.97. The lowest BCUT2D eigenvalue weighted by Crippen LogP contribution is -2.50. The highest BCUT2D eigenvalue weighted by atomic mass is 32.2. The lowest BCUT2D eigenvalue weighted by atomic mass is 10.2. The summed E-state index contributed by atoms with van der Waals surface area (Å²) in [6, 6.07) is 10.8. The van der Waals surface area contributed by atoms with Crippen LogP contribution in [-0.2, 0) is 19.6 Å². The molecule has 1 N–H and O–H groups in total. The molecule has 8 heteroatoms. The van der Waals surface area contributed by atoms with Crippen molar-refractivity contribution in [2.24, 2.45) is 0 Å². The predicted octanol–water partition coefficient (Wildman–Crippen LogP) is 2.15. The summed E-state index contributed by atoms with van der Waals surface area (Å²) in [5.41, 5.74) is 2.05. The normalized spacial score (nSPS) is 18.0. The molecule has 2 aromatic carbocycles. The summed E-state index contributed by atoms with van der Waals surface area (Å²) in [6.45, 7) is 3.61. The largest absolute Gasteiger partial charge is 0.365 e. The van der Waals surface area contributed by atoms with Gasteiger partial charge in [0.1, 0.15) is 12.4 Å². The van der Waals surface area contributed by atoms with E-state index < -0.39 is 21.9 Å². The van der Waals surface area contributed by atoms with Crippen molar-refractivity contribution in [1.82, 2.24) is 4.72 Å². The second kappa shape index (κ2) is 7.75. The number of nitrogens with one attached hydrogen (secondary N) is 1. The first kappa shape index (κ1) is 19.5. The van der Waals surface area contributed by atoms with Crippen molar-refractivity contribution in [3.63, 3.8) is 0 Å². The van der Waals surface area contributed by atoms with Crippen LogP contribution in [0.2, 0.25) is 0 Å². The lowest BCUT2D eigenvalue weighted by molar-refractivity contribution is -0.129. The fourth-order valence-corrected chi connectivity index (χ4v) is 4.29. The van der Waals surface area contributed by atoms with Gasteiger partial charge in [-0.15, -0.1) is 0 Å². The van der Waals surface area contributed by atoms with Gasteiger partial charge in [-0.2, -0.15) is 0 Å². The summed E-state index contributed by atoms with van der Waals surface area (Å²) < 4.78 is 46.3. The van der Waals surface area contributed by atoms with E-state index in [9.17, 15) is 17.6 Å². The molecule has 0 bridgehead atoms. The van der Waals surface area contributed by atoms with Crippen LogP contribution in [0.5, 0.6) is 0 Å². The molecule has 0 aliphatic carbocycles. The van der Waals surface area contributed by atoms with E-state index >= 15 is 0 Å². The zero-order valence-corrected chi connectivity index (χ0v) is 15.9. The number of sulfonamides is 1. The van der Waals surface area contributed by atoms with E-state index in [1.807, 2.05) is 13.0 Å². The SMILES string of the molecule is Cc1ccc(C)c(S(=O)(=O)NCC2CN(c3ccc(F)cc3)C(=O)CO2)c1. The van der Waals surface area contributed by atoms with Gasteiger partial charge in [0.05, 0.1) is 17.5 Å². The molecule has 1 heterocycles. The molecule has 27 heavy (non-hydrogen) atoms. The maximum atomic E-state index is 13.1. The molecule has 144 valence electrons. The van der Waals surface area contributed by atoms with Gasteiger partial charge in [-0.05, 0) is 55.3 Å². The van der Waals surface area contributed by atoms with Crippen LogP contribution in [0.4, 0.5) is 10.1 Å². The Hall–Kier alpha value is -2.29. The minimum absolute atomic E-state index is 0.0285. The van der Waals surface area contributed by atoms with E-state index in [0.29, 0.717) is 11.3 Å². The summed E-state index contributed by atoms with van der Waals surface area (Å²) in [4.78, 5) is 13.8. The molecule has 2 aromatic rings. The first-order chi connectivity index (χ1) is 12.8. The Labute approximate surface area is 158 Å². The van der Waals surface area contributed by atoms with E-state index in [1.165, 1.54) is 29.2 Å². The minimum atomic E-state index is -3.70. The lowest BCUT2D eigenvalue weighted by Gasteiger charge is -2.32. The number of anilines is 1. The van der Waals surface area contributed by atoms with E-state index in [0.717, 1.165) is 5.56 Å². The van der Waals surface area contributed by atoms with E-state index in [2.05, 4.69) is 4.72 Å². The zero-order chi connectivity index (χ0) is 19.6. The maximum absolute atomic E-state index is 13.1. The molecule has 3 rings (SSSR count). The monoisotopic (exact) mass is 392 g/mol. The fraction of sp³-hybridized carbons (Fsp3) is 0.316. The number of amides is 1. The molecule has 1 fully saturated rings. The number of hydrogen-bond donors (Lipinski definition) is 1. The topological polar surface area (TPSA) is 75.7 Å². The van der Waals surface area contributed by atoms with Crippen LogP contribution >= 0.6 is 0 Å². The molecule has 1 unspecified atom stereocenters. The van der Waals surface area contributed by atoms with Gasteiger partial charge in [0.15, 0.2) is 0 Å². The van der Waals surface area contributed by atoms with Gasteiger partial charge < -0.3 is 9.64 Å². The molecule has 0 saturated carbocycles. The summed E-state index contributed by atoms with van der Waals surface area (Å²) >= 11 is 0. The Kier molecular flexibility index (Phi) is 5.59. The third kappa shape index (κ3) is 4.52. The average Bonchev–Trinajstić information content (AvgIpc) is 2.64. The second-order valence-corrected chi connectivity index (χ2v) is 8.27. The number of morpholine rings is 1. The first-order valence-corrected chi connectivity index (χ1v) is 9.99. The predicted molar refractivity (Wildman–Crippen MR) is 99.6 cm³/mol. The smallest absolute Gasteiger partial charge is 0.253 e. The van der Waals surface area contributed by atoms with Crippen molar-refractivity contribution < 1.29 is 22.3 Å². The van der Waals surface area contributed by atoms with Gasteiger partial charge in [0.25, 0.3) is 5.91 Å². The van der Waals surface area contributed by atoms with Gasteiger partial charge in [0, 0.05) is 12.2 Å². The van der Waals surface area contributed by atoms with Crippen molar-refractivity contribution in [3.8, 4) is 0 Å². The average molecular weight is 392 g/mol. The Morgan fingerprint density at radius 3 is 2.59 bits per heavy atom.